The molecule has 0 unspecified atom stereocenters. The zero-order chi connectivity index (χ0) is 46.6. The lowest BCUT2D eigenvalue weighted by Crippen LogP contribution is -2.26. The summed E-state index contributed by atoms with van der Waals surface area (Å²) in [4.78, 5) is 29.3. The van der Waals surface area contributed by atoms with Gasteiger partial charge in [-0.05, 0) is 123 Å². The van der Waals surface area contributed by atoms with E-state index >= 15 is 0 Å². The van der Waals surface area contributed by atoms with E-state index in [2.05, 4.69) is 88.4 Å². The molecule has 3 aromatic carbocycles. The average molecular weight is 969 g/mol. The summed E-state index contributed by atoms with van der Waals surface area (Å²) in [5, 5.41) is 40.7. The molecule has 6 aromatic heterocycles. The predicted molar refractivity (Wildman–Crippen MR) is 274 cm³/mol. The fourth-order valence-electron chi connectivity index (χ4n) is 8.57. The van der Waals surface area contributed by atoms with Gasteiger partial charge in [-0.25, -0.2) is 0 Å². The number of aryl methyl sites for hydroxylation is 4. The van der Waals surface area contributed by atoms with E-state index in [1.165, 1.54) is 108 Å². The molecule has 6 heterocycles. The Labute approximate surface area is 401 Å². The monoisotopic (exact) mass is 968 g/mol. The van der Waals surface area contributed by atoms with Gasteiger partial charge in [0.25, 0.3) is 11.1 Å². The minimum absolute atomic E-state index is 0.0656. The Morgan fingerprint density at radius 3 is 1.21 bits per heavy atom. The summed E-state index contributed by atoms with van der Waals surface area (Å²) in [5.41, 5.74) is 8.97. The summed E-state index contributed by atoms with van der Waals surface area (Å²) < 4.78 is 10.7. The third kappa shape index (κ3) is 7.52. The van der Waals surface area contributed by atoms with Gasteiger partial charge in [-0.1, -0.05) is 36.4 Å². The average Bonchev–Trinajstić information content (AvgIpc) is 4.17. The molecule has 9 rings (SSSR count). The predicted octanol–water partition coefficient (Wildman–Crippen LogP) is 9.92. The fourth-order valence-corrected chi connectivity index (χ4v) is 15.5. The second kappa shape index (κ2) is 17.9. The van der Waals surface area contributed by atoms with E-state index in [0.717, 1.165) is 38.7 Å². The van der Waals surface area contributed by atoms with E-state index in [0.29, 0.717) is 31.5 Å². The Morgan fingerprint density at radius 2 is 0.879 bits per heavy atom. The molecule has 14 heteroatoms. The standard InChI is InChI=1S/C52H36N6O2S6/c1-7-57-49(59)47(65-51(57)31(23-53)24-54)39-17-15-33(61-39)19-35-21-37-43(41-27(3)11-9-12-28(41)4)46-38(44(45(37)63-35)42-29(5)13-10-14-30(42)6)22-36(64-46)20-34-16-18-40(62-34)48-50(60)58(8-2)52(66-48)32(25-55)26-56/h9-22H,7-8H2,1-6H3/b33-19-,34-20-,47-39-,48-40-. The molecule has 0 aliphatic heterocycles. The molecular weight excluding hydrogens is 933 g/mol. The van der Waals surface area contributed by atoms with Gasteiger partial charge >= 0.3 is 0 Å². The lowest BCUT2D eigenvalue weighted by Gasteiger charge is -2.18. The molecule has 9 aromatic rings. The number of rotatable bonds is 6. The van der Waals surface area contributed by atoms with Gasteiger partial charge in [0.15, 0.2) is 11.1 Å². The molecule has 8 nitrogen and oxygen atoms in total. The number of aromatic nitrogens is 2. The number of benzene rings is 3. The zero-order valence-corrected chi connectivity index (χ0v) is 41.3. The first kappa shape index (κ1) is 44.5. The van der Waals surface area contributed by atoms with Crippen LogP contribution in [-0.4, -0.2) is 9.13 Å². The molecule has 0 spiro atoms. The maximum absolute atomic E-state index is 13.6. The third-order valence-corrected chi connectivity index (χ3v) is 18.5. The summed E-state index contributed by atoms with van der Waals surface area (Å²) in [7, 11) is 0. The lowest BCUT2D eigenvalue weighted by molar-refractivity contribution is 0.722. The van der Waals surface area contributed by atoms with Crippen molar-refractivity contribution < 1.29 is 0 Å². The third-order valence-electron chi connectivity index (χ3n) is 11.5. The van der Waals surface area contributed by atoms with Crippen LogP contribution in [0.1, 0.15) is 45.9 Å². The second-order valence-electron chi connectivity index (χ2n) is 15.5. The highest BCUT2D eigenvalue weighted by Crippen LogP contribution is 2.51. The Kier molecular flexibility index (Phi) is 12.1. The van der Waals surface area contributed by atoms with Crippen molar-refractivity contribution in [3.8, 4) is 46.5 Å². The number of hydrogen-bond donors (Lipinski definition) is 0. The van der Waals surface area contributed by atoms with Crippen LogP contribution in [0.3, 0.4) is 0 Å². The van der Waals surface area contributed by atoms with E-state index in [1.54, 1.807) is 22.7 Å². The van der Waals surface area contributed by atoms with Crippen LogP contribution in [0.5, 0.6) is 0 Å². The zero-order valence-electron chi connectivity index (χ0n) is 36.4. The van der Waals surface area contributed by atoms with Crippen LogP contribution in [0.2, 0.25) is 0 Å². The quantitative estimate of drug-likeness (QED) is 0.163. The molecule has 0 amide bonds. The highest BCUT2D eigenvalue weighted by atomic mass is 32.1. The number of hydrogen-bond acceptors (Lipinski definition) is 12. The number of fused-ring (bicyclic) bond motifs is 2. The molecule has 0 N–H and O–H groups in total. The topological polar surface area (TPSA) is 139 Å². The summed E-state index contributed by atoms with van der Waals surface area (Å²) in [6, 6.07) is 33.3. The van der Waals surface area contributed by atoms with Crippen LogP contribution in [0.4, 0.5) is 0 Å². The van der Waals surface area contributed by atoms with Crippen molar-refractivity contribution in [2.75, 3.05) is 0 Å². The lowest BCUT2D eigenvalue weighted by atomic mass is 9.87. The minimum atomic E-state index is -0.202. The largest absolute Gasteiger partial charge is 0.297 e. The highest BCUT2D eigenvalue weighted by Gasteiger charge is 2.24. The summed E-state index contributed by atoms with van der Waals surface area (Å²) in [6.45, 7) is 13.1. The Balaban J connectivity index is 1.34. The van der Waals surface area contributed by atoms with Crippen molar-refractivity contribution in [1.82, 2.24) is 9.13 Å². The smallest absolute Gasteiger partial charge is 0.270 e. The van der Waals surface area contributed by atoms with Crippen LogP contribution in [0, 0.1) is 91.1 Å². The van der Waals surface area contributed by atoms with E-state index < -0.39 is 0 Å². The minimum Gasteiger partial charge on any atom is -0.297 e. The number of thiophene rings is 4. The molecule has 0 saturated carbocycles. The molecule has 0 fully saturated rings. The van der Waals surface area contributed by atoms with Gasteiger partial charge < -0.3 is 0 Å². The van der Waals surface area contributed by atoms with E-state index in [1.807, 2.05) is 62.4 Å². The van der Waals surface area contributed by atoms with Crippen LogP contribution >= 0.6 is 68.0 Å². The molecule has 66 heavy (non-hydrogen) atoms. The van der Waals surface area contributed by atoms with Crippen LogP contribution < -0.4 is 29.5 Å². The van der Waals surface area contributed by atoms with Crippen molar-refractivity contribution in [3.63, 3.8) is 0 Å². The molecule has 0 radical (unpaired) electrons. The molecule has 322 valence electrons. The fraction of sp³-hybridized carbons (Fsp3) is 0.154. The highest BCUT2D eigenvalue weighted by molar-refractivity contribution is 7.23. The SMILES string of the molecule is CCn1c(=C(C#N)C#N)s/c(=c2/cc/c(=C/c3cc4c(-c5c(C)cccc5C)c5sc(/C=c6/cc/c(=c7/sc(=C(C#N)C#N)n(CC)c7=O)s6)cc5c(-c5c(C)cccc5C)c4s3)s2)c1=O. The molecular formula is C52H36N6O2S6. The number of thiazole rings is 2. The molecule has 0 saturated heterocycles. The van der Waals surface area contributed by atoms with Crippen LogP contribution in [-0.2, 0) is 13.1 Å². The maximum Gasteiger partial charge on any atom is 0.270 e. The van der Waals surface area contributed by atoms with Gasteiger partial charge in [0, 0.05) is 63.2 Å². The Hall–Kier alpha value is -6.72. The van der Waals surface area contributed by atoms with Crippen LogP contribution in [0.25, 0.3) is 65.7 Å². The van der Waals surface area contributed by atoms with Crippen molar-refractivity contribution in [2.24, 2.45) is 0 Å². The first-order chi connectivity index (χ1) is 31.9. The maximum atomic E-state index is 13.6. The summed E-state index contributed by atoms with van der Waals surface area (Å²) >= 11 is 8.93. The molecule has 0 aliphatic carbocycles. The van der Waals surface area contributed by atoms with Gasteiger partial charge in [0.1, 0.15) is 42.7 Å². The van der Waals surface area contributed by atoms with Gasteiger partial charge in [0.2, 0.25) is 0 Å². The van der Waals surface area contributed by atoms with Crippen molar-refractivity contribution in [3.05, 3.63) is 162 Å². The Bertz CT molecular complexity index is 3910. The number of nitriles is 4. The summed E-state index contributed by atoms with van der Waals surface area (Å²) in [5.74, 6) is 0. The Morgan fingerprint density at radius 1 is 0.515 bits per heavy atom. The van der Waals surface area contributed by atoms with Gasteiger partial charge in [-0.2, -0.15) is 21.0 Å². The van der Waals surface area contributed by atoms with E-state index in [9.17, 15) is 30.6 Å². The van der Waals surface area contributed by atoms with Gasteiger partial charge in [-0.3, -0.25) is 18.7 Å². The van der Waals surface area contributed by atoms with Gasteiger partial charge in [-0.15, -0.1) is 68.0 Å². The first-order valence-electron chi connectivity index (χ1n) is 20.8. The molecule has 0 atom stereocenters. The van der Waals surface area contributed by atoms with E-state index in [-0.39, 0.29) is 22.3 Å². The number of nitrogens with zero attached hydrogens (tertiary/aromatic N) is 6. The molecule has 0 aliphatic rings. The van der Waals surface area contributed by atoms with Crippen LogP contribution in [0.15, 0.2) is 82.4 Å². The van der Waals surface area contributed by atoms with E-state index in [4.69, 9.17) is 0 Å². The first-order valence-corrected chi connectivity index (χ1v) is 25.7. The van der Waals surface area contributed by atoms with Crippen molar-refractivity contribution in [1.29, 1.82) is 21.0 Å². The van der Waals surface area contributed by atoms with Crippen molar-refractivity contribution in [2.45, 2.75) is 54.6 Å². The second-order valence-corrected chi connectivity index (χ2v) is 21.9. The van der Waals surface area contributed by atoms with Crippen molar-refractivity contribution >= 4 is 111 Å². The normalized spacial score (nSPS) is 12.9. The van der Waals surface area contributed by atoms with Gasteiger partial charge in [0.05, 0.1) is 9.06 Å². The molecule has 0 bridgehead atoms. The summed E-state index contributed by atoms with van der Waals surface area (Å²) in [6.07, 6.45) is 4.37.